The molecule has 2 aromatic rings. The second-order valence-corrected chi connectivity index (χ2v) is 5.83. The zero-order chi connectivity index (χ0) is 15.4. The SMILES string of the molecule is CC(N)Cc1c(N(C)CCOC(C)C)nc2ccccn12. The number of aromatic nitrogens is 2. The largest absolute Gasteiger partial charge is 0.377 e. The van der Waals surface area contributed by atoms with Crippen molar-refractivity contribution in [1.82, 2.24) is 9.38 Å². The number of likely N-dealkylation sites (N-methyl/N-ethyl adjacent to an activating group) is 1. The van der Waals surface area contributed by atoms with Gasteiger partial charge in [-0.3, -0.25) is 0 Å². The van der Waals surface area contributed by atoms with Crippen molar-refractivity contribution in [2.24, 2.45) is 5.73 Å². The van der Waals surface area contributed by atoms with Crippen LogP contribution in [0.4, 0.5) is 5.82 Å². The Hall–Kier alpha value is -1.59. The number of rotatable bonds is 7. The molecule has 2 aromatic heterocycles. The van der Waals surface area contributed by atoms with Gasteiger partial charge in [0.15, 0.2) is 5.82 Å². The minimum absolute atomic E-state index is 0.101. The Bertz CT molecular complexity index is 577. The molecule has 2 N–H and O–H groups in total. The number of ether oxygens (including phenoxy) is 1. The van der Waals surface area contributed by atoms with Gasteiger partial charge in [-0.1, -0.05) is 6.07 Å². The molecule has 0 fully saturated rings. The van der Waals surface area contributed by atoms with Crippen LogP contribution in [0.25, 0.3) is 5.65 Å². The van der Waals surface area contributed by atoms with Crippen LogP contribution in [0.3, 0.4) is 0 Å². The molecule has 0 bridgehead atoms. The predicted octanol–water partition coefficient (Wildman–Crippen LogP) is 2.09. The molecular weight excluding hydrogens is 264 g/mol. The number of nitrogens with two attached hydrogens (primary N) is 1. The second kappa shape index (κ2) is 6.91. The van der Waals surface area contributed by atoms with Gasteiger partial charge in [0.05, 0.1) is 18.4 Å². The zero-order valence-corrected chi connectivity index (χ0v) is 13.4. The topological polar surface area (TPSA) is 55.8 Å². The highest BCUT2D eigenvalue weighted by Crippen LogP contribution is 2.22. The van der Waals surface area contributed by atoms with E-state index in [-0.39, 0.29) is 12.1 Å². The van der Waals surface area contributed by atoms with Gasteiger partial charge in [0.1, 0.15) is 5.65 Å². The first kappa shape index (κ1) is 15.8. The summed E-state index contributed by atoms with van der Waals surface area (Å²) < 4.78 is 7.75. The summed E-state index contributed by atoms with van der Waals surface area (Å²) in [5.41, 5.74) is 8.12. The molecule has 0 aliphatic heterocycles. The van der Waals surface area contributed by atoms with E-state index in [1.54, 1.807) is 0 Å². The van der Waals surface area contributed by atoms with Gasteiger partial charge in [-0.2, -0.15) is 0 Å². The maximum atomic E-state index is 6.00. The fraction of sp³-hybridized carbons (Fsp3) is 0.562. The molecular formula is C16H26N4O. The van der Waals surface area contributed by atoms with E-state index in [0.29, 0.717) is 6.61 Å². The van der Waals surface area contributed by atoms with Crippen molar-refractivity contribution in [3.63, 3.8) is 0 Å². The molecule has 1 atom stereocenters. The molecule has 5 nitrogen and oxygen atoms in total. The molecule has 0 aliphatic carbocycles. The molecule has 5 heteroatoms. The Morgan fingerprint density at radius 2 is 2.10 bits per heavy atom. The summed E-state index contributed by atoms with van der Waals surface area (Å²) in [6.45, 7) is 7.63. The number of anilines is 1. The molecule has 2 heterocycles. The summed E-state index contributed by atoms with van der Waals surface area (Å²) in [5.74, 6) is 0.992. The molecule has 0 aliphatic rings. The lowest BCUT2D eigenvalue weighted by molar-refractivity contribution is 0.0845. The van der Waals surface area contributed by atoms with Gasteiger partial charge >= 0.3 is 0 Å². The minimum atomic E-state index is 0.101. The first-order valence-electron chi connectivity index (χ1n) is 7.53. The highest BCUT2D eigenvalue weighted by molar-refractivity contribution is 5.55. The van der Waals surface area contributed by atoms with Gasteiger partial charge in [-0.15, -0.1) is 0 Å². The number of fused-ring (bicyclic) bond motifs is 1. The molecule has 1 unspecified atom stereocenters. The summed E-state index contributed by atoms with van der Waals surface area (Å²) in [4.78, 5) is 6.89. The van der Waals surface area contributed by atoms with Crippen LogP contribution in [0.15, 0.2) is 24.4 Å². The molecule has 0 spiro atoms. The maximum absolute atomic E-state index is 6.00. The van der Waals surface area contributed by atoms with Crippen molar-refractivity contribution in [2.75, 3.05) is 25.1 Å². The summed E-state index contributed by atoms with van der Waals surface area (Å²) in [5, 5.41) is 0. The average Bonchev–Trinajstić information content (AvgIpc) is 2.77. The lowest BCUT2D eigenvalue weighted by atomic mass is 10.2. The van der Waals surface area contributed by atoms with Crippen molar-refractivity contribution < 1.29 is 4.74 Å². The van der Waals surface area contributed by atoms with Crippen LogP contribution in [0.2, 0.25) is 0 Å². The van der Waals surface area contributed by atoms with E-state index in [1.807, 2.05) is 45.2 Å². The Morgan fingerprint density at radius 3 is 2.76 bits per heavy atom. The van der Waals surface area contributed by atoms with Crippen molar-refractivity contribution in [3.05, 3.63) is 30.1 Å². The first-order chi connectivity index (χ1) is 9.99. The van der Waals surface area contributed by atoms with Gasteiger partial charge < -0.3 is 19.8 Å². The smallest absolute Gasteiger partial charge is 0.151 e. The summed E-state index contributed by atoms with van der Waals surface area (Å²) in [6.07, 6.45) is 3.10. The van der Waals surface area contributed by atoms with Gasteiger partial charge in [0, 0.05) is 32.3 Å². The number of hydrogen-bond donors (Lipinski definition) is 1. The average molecular weight is 290 g/mol. The van der Waals surface area contributed by atoms with E-state index >= 15 is 0 Å². The van der Waals surface area contributed by atoms with E-state index in [9.17, 15) is 0 Å². The van der Waals surface area contributed by atoms with Crippen LogP contribution in [-0.4, -0.2) is 41.7 Å². The zero-order valence-electron chi connectivity index (χ0n) is 13.4. The highest BCUT2D eigenvalue weighted by Gasteiger charge is 2.16. The van der Waals surface area contributed by atoms with Crippen molar-refractivity contribution >= 4 is 11.5 Å². The number of nitrogens with zero attached hydrogens (tertiary/aromatic N) is 3. The van der Waals surface area contributed by atoms with E-state index < -0.39 is 0 Å². The molecule has 0 aromatic carbocycles. The van der Waals surface area contributed by atoms with Crippen LogP contribution in [-0.2, 0) is 11.2 Å². The third-order valence-corrected chi connectivity index (χ3v) is 3.36. The quantitative estimate of drug-likeness (QED) is 0.848. The lowest BCUT2D eigenvalue weighted by Crippen LogP contribution is -2.27. The fourth-order valence-corrected chi connectivity index (χ4v) is 2.37. The predicted molar refractivity (Wildman–Crippen MR) is 86.9 cm³/mol. The molecule has 0 saturated carbocycles. The van der Waals surface area contributed by atoms with E-state index in [2.05, 4.69) is 16.3 Å². The lowest BCUT2D eigenvalue weighted by Gasteiger charge is -2.20. The normalized spacial score (nSPS) is 13.0. The van der Waals surface area contributed by atoms with Gasteiger partial charge in [0.25, 0.3) is 0 Å². The molecule has 116 valence electrons. The Kier molecular flexibility index (Phi) is 5.20. The molecule has 0 saturated heterocycles. The second-order valence-electron chi connectivity index (χ2n) is 5.83. The Balaban J connectivity index is 2.24. The maximum Gasteiger partial charge on any atom is 0.151 e. The fourth-order valence-electron chi connectivity index (χ4n) is 2.37. The van der Waals surface area contributed by atoms with Crippen LogP contribution < -0.4 is 10.6 Å². The third-order valence-electron chi connectivity index (χ3n) is 3.36. The Labute approximate surface area is 126 Å². The molecule has 0 radical (unpaired) electrons. The molecule has 0 amide bonds. The highest BCUT2D eigenvalue weighted by atomic mass is 16.5. The summed E-state index contributed by atoms with van der Waals surface area (Å²) in [7, 11) is 2.05. The third kappa shape index (κ3) is 3.95. The van der Waals surface area contributed by atoms with Crippen molar-refractivity contribution in [1.29, 1.82) is 0 Å². The number of pyridine rings is 1. The van der Waals surface area contributed by atoms with E-state index in [1.165, 1.54) is 0 Å². The molecule has 21 heavy (non-hydrogen) atoms. The van der Waals surface area contributed by atoms with Crippen molar-refractivity contribution in [2.45, 2.75) is 39.3 Å². The Morgan fingerprint density at radius 1 is 1.33 bits per heavy atom. The molecule has 2 rings (SSSR count). The first-order valence-corrected chi connectivity index (χ1v) is 7.53. The number of imidazole rings is 1. The standard InChI is InChI=1S/C16H26N4O/c1-12(2)21-10-9-19(4)16-14(11-13(3)17)20-8-6-5-7-15(20)18-16/h5-8,12-13H,9-11,17H2,1-4H3. The summed E-state index contributed by atoms with van der Waals surface area (Å²) in [6, 6.07) is 6.14. The van der Waals surface area contributed by atoms with Gasteiger partial charge in [-0.25, -0.2) is 4.98 Å². The van der Waals surface area contributed by atoms with E-state index in [0.717, 1.165) is 30.1 Å². The van der Waals surface area contributed by atoms with Gasteiger partial charge in [-0.05, 0) is 32.9 Å². The minimum Gasteiger partial charge on any atom is -0.377 e. The number of hydrogen-bond acceptors (Lipinski definition) is 4. The van der Waals surface area contributed by atoms with Crippen molar-refractivity contribution in [3.8, 4) is 0 Å². The van der Waals surface area contributed by atoms with Crippen LogP contribution >= 0.6 is 0 Å². The van der Waals surface area contributed by atoms with Crippen LogP contribution in [0, 0.1) is 0 Å². The summed E-state index contributed by atoms with van der Waals surface area (Å²) >= 11 is 0. The van der Waals surface area contributed by atoms with Crippen LogP contribution in [0.1, 0.15) is 26.5 Å². The monoisotopic (exact) mass is 290 g/mol. The van der Waals surface area contributed by atoms with E-state index in [4.69, 9.17) is 15.5 Å². The van der Waals surface area contributed by atoms with Crippen LogP contribution in [0.5, 0.6) is 0 Å². The van der Waals surface area contributed by atoms with Gasteiger partial charge in [0.2, 0.25) is 0 Å².